The van der Waals surface area contributed by atoms with Crippen LogP contribution in [0.15, 0.2) is 71.2 Å². The van der Waals surface area contributed by atoms with Crippen molar-refractivity contribution in [2.75, 3.05) is 24.3 Å². The fraction of sp³-hybridized carbons (Fsp3) is 0.292. The number of carbonyl (C=O) groups is 1. The topological polar surface area (TPSA) is 60.2 Å². The minimum Gasteiger partial charge on any atom is -0.497 e. The van der Waals surface area contributed by atoms with Crippen LogP contribution in [0.3, 0.4) is 0 Å². The Morgan fingerprint density at radius 3 is 2.78 bits per heavy atom. The van der Waals surface area contributed by atoms with E-state index in [4.69, 9.17) is 4.74 Å². The van der Waals surface area contributed by atoms with E-state index in [1.807, 2.05) is 69.8 Å². The Morgan fingerprint density at radius 1 is 1.25 bits per heavy atom. The van der Waals surface area contributed by atoms with Crippen LogP contribution in [-0.4, -0.2) is 45.3 Å². The average molecular weight is 467 g/mol. The van der Waals surface area contributed by atoms with Gasteiger partial charge in [0.2, 0.25) is 5.91 Å². The number of aromatic nitrogens is 3. The first-order valence-corrected chi connectivity index (χ1v) is 12.3. The number of methoxy groups -OCH3 is 1. The number of carbonyl (C=O) groups excluding carboxylic acids is 1. The Labute approximate surface area is 197 Å². The number of rotatable bonds is 7. The Hall–Kier alpha value is -2.71. The predicted octanol–water partition coefficient (Wildman–Crippen LogP) is 5.15. The van der Waals surface area contributed by atoms with Gasteiger partial charge in [-0.3, -0.25) is 9.36 Å². The highest BCUT2D eigenvalue weighted by Crippen LogP contribution is 2.37. The lowest BCUT2D eigenvalue weighted by atomic mass is 10.2. The molecule has 4 rings (SSSR count). The van der Waals surface area contributed by atoms with Crippen LogP contribution >= 0.6 is 23.5 Å². The maximum atomic E-state index is 13.2. The van der Waals surface area contributed by atoms with Gasteiger partial charge in [0.15, 0.2) is 11.0 Å². The number of hydrogen-bond acceptors (Lipinski definition) is 6. The Balaban J connectivity index is 1.53. The van der Waals surface area contributed by atoms with Crippen molar-refractivity contribution >= 4 is 35.1 Å². The highest BCUT2D eigenvalue weighted by molar-refractivity contribution is 8.00. The van der Waals surface area contributed by atoms with Crippen LogP contribution in [0.1, 0.15) is 13.3 Å². The van der Waals surface area contributed by atoms with Crippen molar-refractivity contribution in [3.05, 3.63) is 61.2 Å². The quantitative estimate of drug-likeness (QED) is 0.355. The third-order valence-electron chi connectivity index (χ3n) is 5.25. The molecule has 0 spiro atoms. The van der Waals surface area contributed by atoms with Crippen molar-refractivity contribution in [3.63, 3.8) is 0 Å². The number of allylic oxidation sites excluding steroid dienone is 1. The maximum absolute atomic E-state index is 13.2. The first kappa shape index (κ1) is 22.5. The van der Waals surface area contributed by atoms with Crippen molar-refractivity contribution in [2.45, 2.75) is 35.2 Å². The molecule has 3 aromatic rings. The van der Waals surface area contributed by atoms with Crippen LogP contribution in [0, 0.1) is 0 Å². The Morgan fingerprint density at radius 2 is 2.03 bits per heavy atom. The van der Waals surface area contributed by atoms with Crippen molar-refractivity contribution in [1.29, 1.82) is 0 Å². The van der Waals surface area contributed by atoms with E-state index in [1.54, 1.807) is 7.11 Å². The van der Waals surface area contributed by atoms with Gasteiger partial charge >= 0.3 is 0 Å². The van der Waals surface area contributed by atoms with Crippen LogP contribution in [0.5, 0.6) is 5.75 Å². The summed E-state index contributed by atoms with van der Waals surface area (Å²) >= 11 is 3.25. The van der Waals surface area contributed by atoms with Gasteiger partial charge in [-0.15, -0.1) is 28.5 Å². The Kier molecular flexibility index (Phi) is 7.22. The van der Waals surface area contributed by atoms with Gasteiger partial charge in [0, 0.05) is 28.8 Å². The van der Waals surface area contributed by atoms with E-state index in [9.17, 15) is 4.79 Å². The van der Waals surface area contributed by atoms with E-state index in [-0.39, 0.29) is 5.91 Å². The van der Waals surface area contributed by atoms with Crippen molar-refractivity contribution in [2.24, 2.45) is 0 Å². The molecule has 0 saturated carbocycles. The van der Waals surface area contributed by atoms with Crippen molar-refractivity contribution in [3.8, 4) is 17.1 Å². The molecule has 1 amide bonds. The average Bonchev–Trinajstić information content (AvgIpc) is 3.12. The van der Waals surface area contributed by atoms with Gasteiger partial charge in [-0.25, -0.2) is 0 Å². The van der Waals surface area contributed by atoms with Crippen LogP contribution < -0.4 is 9.64 Å². The van der Waals surface area contributed by atoms with Crippen molar-refractivity contribution < 1.29 is 9.53 Å². The standard InChI is InChI=1S/C24H26N4O2S2/c1-4-14-28-23(18-9-11-19(30-3)12-10-18)25-26-24(28)31-16-22(29)27-15-13-17(2)32-21-8-6-5-7-20(21)27/h4-12,17H,1,13-16H2,2-3H3. The summed E-state index contributed by atoms with van der Waals surface area (Å²) in [5.41, 5.74) is 1.93. The van der Waals surface area contributed by atoms with E-state index in [2.05, 4.69) is 29.8 Å². The second-order valence-electron chi connectivity index (χ2n) is 7.45. The minimum atomic E-state index is 0.0799. The van der Waals surface area contributed by atoms with Gasteiger partial charge in [-0.1, -0.05) is 36.9 Å². The Bertz CT molecular complexity index is 1100. The zero-order valence-electron chi connectivity index (χ0n) is 18.2. The smallest absolute Gasteiger partial charge is 0.237 e. The molecule has 0 saturated heterocycles. The fourth-order valence-electron chi connectivity index (χ4n) is 3.59. The molecule has 2 heterocycles. The van der Waals surface area contributed by atoms with Crippen LogP contribution in [-0.2, 0) is 11.3 Å². The van der Waals surface area contributed by atoms with E-state index in [1.165, 1.54) is 11.8 Å². The summed E-state index contributed by atoms with van der Waals surface area (Å²) in [7, 11) is 1.64. The summed E-state index contributed by atoms with van der Waals surface area (Å²) in [6.45, 7) is 7.36. The first-order valence-electron chi connectivity index (χ1n) is 10.5. The summed E-state index contributed by atoms with van der Waals surface area (Å²) < 4.78 is 7.23. The molecular formula is C24H26N4O2S2. The van der Waals surface area contributed by atoms with Crippen LogP contribution in [0.4, 0.5) is 5.69 Å². The van der Waals surface area contributed by atoms with Gasteiger partial charge < -0.3 is 9.64 Å². The lowest BCUT2D eigenvalue weighted by molar-refractivity contribution is -0.116. The zero-order chi connectivity index (χ0) is 22.5. The minimum absolute atomic E-state index is 0.0799. The van der Waals surface area contributed by atoms with Crippen molar-refractivity contribution in [1.82, 2.24) is 14.8 Å². The SMILES string of the molecule is C=CCn1c(SCC(=O)N2CCC(C)Sc3ccccc32)nnc1-c1ccc(OC)cc1. The summed E-state index contributed by atoms with van der Waals surface area (Å²) in [6.07, 6.45) is 2.77. The lowest BCUT2D eigenvalue weighted by Crippen LogP contribution is -2.33. The second-order valence-corrected chi connectivity index (χ2v) is 9.88. The van der Waals surface area contributed by atoms with Crippen LogP contribution in [0.25, 0.3) is 11.4 Å². The summed E-state index contributed by atoms with van der Waals surface area (Å²) in [5.74, 6) is 1.91. The molecule has 2 aromatic carbocycles. The zero-order valence-corrected chi connectivity index (χ0v) is 19.9. The molecule has 0 aliphatic carbocycles. The molecule has 1 atom stereocenters. The molecule has 1 unspecified atom stereocenters. The summed E-state index contributed by atoms with van der Waals surface area (Å²) in [5, 5.41) is 9.93. The largest absolute Gasteiger partial charge is 0.497 e. The lowest BCUT2D eigenvalue weighted by Gasteiger charge is -2.22. The number of nitrogens with zero attached hydrogens (tertiary/aromatic N) is 4. The number of para-hydroxylation sites is 1. The fourth-order valence-corrected chi connectivity index (χ4v) is 5.53. The number of thioether (sulfide) groups is 2. The molecule has 32 heavy (non-hydrogen) atoms. The number of anilines is 1. The number of amides is 1. The number of ether oxygens (including phenoxy) is 1. The van der Waals surface area contributed by atoms with Gasteiger partial charge in [0.05, 0.1) is 18.6 Å². The highest BCUT2D eigenvalue weighted by atomic mass is 32.2. The summed E-state index contributed by atoms with van der Waals surface area (Å²) in [4.78, 5) is 16.3. The van der Waals surface area contributed by atoms with E-state index in [0.717, 1.165) is 40.7 Å². The molecule has 8 heteroatoms. The van der Waals surface area contributed by atoms with Gasteiger partial charge in [0.1, 0.15) is 5.75 Å². The van der Waals surface area contributed by atoms with Gasteiger partial charge in [-0.05, 0) is 42.8 Å². The second kappa shape index (κ2) is 10.3. The van der Waals surface area contributed by atoms with Gasteiger partial charge in [-0.2, -0.15) is 0 Å². The third kappa shape index (κ3) is 4.86. The number of benzene rings is 2. The molecule has 1 aliphatic rings. The number of fused-ring (bicyclic) bond motifs is 1. The molecule has 0 fully saturated rings. The molecule has 166 valence electrons. The maximum Gasteiger partial charge on any atom is 0.237 e. The normalized spacial score (nSPS) is 15.7. The first-order chi connectivity index (χ1) is 15.6. The predicted molar refractivity (Wildman–Crippen MR) is 132 cm³/mol. The monoisotopic (exact) mass is 466 g/mol. The molecule has 0 bridgehead atoms. The highest BCUT2D eigenvalue weighted by Gasteiger charge is 2.25. The van der Waals surface area contributed by atoms with E-state index in [0.29, 0.717) is 22.7 Å². The third-order valence-corrected chi connectivity index (χ3v) is 7.43. The van der Waals surface area contributed by atoms with E-state index < -0.39 is 0 Å². The molecule has 1 aliphatic heterocycles. The van der Waals surface area contributed by atoms with E-state index >= 15 is 0 Å². The molecule has 0 radical (unpaired) electrons. The molecule has 6 nitrogen and oxygen atoms in total. The van der Waals surface area contributed by atoms with Gasteiger partial charge in [0.25, 0.3) is 0 Å². The molecule has 0 N–H and O–H groups in total. The molecule has 1 aromatic heterocycles. The molecular weight excluding hydrogens is 440 g/mol. The number of hydrogen-bond donors (Lipinski definition) is 0. The summed E-state index contributed by atoms with van der Waals surface area (Å²) in [6, 6.07) is 15.8. The van der Waals surface area contributed by atoms with Crippen LogP contribution in [0.2, 0.25) is 0 Å².